The van der Waals surface area contributed by atoms with Crippen molar-refractivity contribution < 1.29 is 9.90 Å². The van der Waals surface area contributed by atoms with Gasteiger partial charge in [-0.25, -0.2) is 4.79 Å². The van der Waals surface area contributed by atoms with Crippen molar-refractivity contribution in [2.45, 2.75) is 87.0 Å². The van der Waals surface area contributed by atoms with Gasteiger partial charge in [-0.05, 0) is 71.0 Å². The second-order valence-corrected chi connectivity index (χ2v) is 12.4. The van der Waals surface area contributed by atoms with Crippen LogP contribution in [0.5, 0.6) is 0 Å². The van der Waals surface area contributed by atoms with Crippen LogP contribution in [0.15, 0.2) is 170 Å². The van der Waals surface area contributed by atoms with Gasteiger partial charge in [0.1, 0.15) is 0 Å². The molecule has 0 saturated carbocycles. The third kappa shape index (κ3) is 18.7. The van der Waals surface area contributed by atoms with Crippen LogP contribution in [0, 0.1) is 6.92 Å². The highest BCUT2D eigenvalue weighted by Gasteiger charge is 2.08. The molecule has 6 rings (SSSR count). The highest BCUT2D eigenvalue weighted by Crippen LogP contribution is 2.15. The van der Waals surface area contributed by atoms with E-state index >= 15 is 0 Å². The van der Waals surface area contributed by atoms with Crippen LogP contribution in [-0.2, 0) is 12.8 Å². The highest BCUT2D eigenvalue weighted by atomic mass is 16.4. The minimum Gasteiger partial charge on any atom is -0.478 e. The maximum atomic E-state index is 11.0. The van der Waals surface area contributed by atoms with Crippen LogP contribution in [0.3, 0.4) is 0 Å². The number of carboxylic acids is 1. The standard InChI is InChI=1S/C14H12O2.C14H14.2C9H12.2C2H6/c15-14(16)13-9-5-4-8-12(13)10-11-6-2-1-3-7-11;1-12-6-5-9-14(10-12)11-13-7-3-2-4-8-13;2*1-8(2)9-6-4-3-5-7-9;2*1-2/h1-9H,10H2,(H,15,16);2-10H,11H2,1H3;2*3-8H,1-2H3;2*1-2H3. The first kappa shape index (κ1) is 44.8. The van der Waals surface area contributed by atoms with E-state index in [-0.39, 0.29) is 0 Å². The SMILES string of the molecule is CC.CC.CC(C)c1ccccc1.CC(C)c1ccccc1.Cc1cccc(Cc2ccccc2)c1.O=C(O)c1ccccc1Cc1ccccc1. The maximum Gasteiger partial charge on any atom is 0.335 e. The molecule has 0 spiro atoms. The third-order valence-electron chi connectivity index (χ3n) is 7.75. The minimum atomic E-state index is -0.869. The monoisotopic (exact) mass is 694 g/mol. The second kappa shape index (κ2) is 27.5. The molecule has 0 aliphatic heterocycles. The Morgan fingerprint density at radius 3 is 1.21 bits per heavy atom. The first-order chi connectivity index (χ1) is 25.2. The highest BCUT2D eigenvalue weighted by molar-refractivity contribution is 5.89. The topological polar surface area (TPSA) is 37.3 Å². The normalized spacial score (nSPS) is 9.52. The van der Waals surface area contributed by atoms with Gasteiger partial charge in [0.15, 0.2) is 0 Å². The molecule has 0 bridgehead atoms. The Balaban J connectivity index is 0.000000345. The molecule has 0 saturated heterocycles. The molecule has 0 atom stereocenters. The Morgan fingerprint density at radius 1 is 0.462 bits per heavy atom. The lowest BCUT2D eigenvalue weighted by molar-refractivity contribution is 0.0696. The fourth-order valence-corrected chi connectivity index (χ4v) is 5.03. The zero-order valence-electron chi connectivity index (χ0n) is 33.1. The fourth-order valence-electron chi connectivity index (χ4n) is 5.03. The van der Waals surface area contributed by atoms with E-state index in [1.165, 1.54) is 27.8 Å². The average molecular weight is 695 g/mol. The number of benzene rings is 6. The Kier molecular flexibility index (Phi) is 23.7. The van der Waals surface area contributed by atoms with Crippen molar-refractivity contribution in [2.24, 2.45) is 0 Å². The summed E-state index contributed by atoms with van der Waals surface area (Å²) in [6, 6.07) is 57.3. The van der Waals surface area contributed by atoms with Gasteiger partial charge in [-0.1, -0.05) is 225 Å². The Hall–Kier alpha value is -5.21. The molecular weight excluding hydrogens is 633 g/mol. The van der Waals surface area contributed by atoms with E-state index < -0.39 is 5.97 Å². The molecule has 2 heteroatoms. The summed E-state index contributed by atoms with van der Waals surface area (Å²) in [4.78, 5) is 11.0. The molecule has 2 nitrogen and oxygen atoms in total. The Labute approximate surface area is 316 Å². The summed E-state index contributed by atoms with van der Waals surface area (Å²) in [6.07, 6.45) is 1.69. The van der Waals surface area contributed by atoms with Crippen LogP contribution in [0.4, 0.5) is 0 Å². The Bertz CT molecular complexity index is 1680. The molecule has 6 aromatic rings. The zero-order valence-corrected chi connectivity index (χ0v) is 33.1. The van der Waals surface area contributed by atoms with Crippen molar-refractivity contribution in [1.82, 2.24) is 0 Å². The van der Waals surface area contributed by atoms with Crippen molar-refractivity contribution in [1.29, 1.82) is 0 Å². The summed E-state index contributed by atoms with van der Waals surface area (Å²) >= 11 is 0. The van der Waals surface area contributed by atoms with E-state index in [1.807, 2.05) is 82.3 Å². The van der Waals surface area contributed by atoms with E-state index in [0.29, 0.717) is 23.8 Å². The molecule has 0 aliphatic rings. The number of carbonyl (C=O) groups is 1. The van der Waals surface area contributed by atoms with E-state index in [4.69, 9.17) is 5.11 Å². The van der Waals surface area contributed by atoms with Crippen LogP contribution in [0.2, 0.25) is 0 Å². The van der Waals surface area contributed by atoms with Gasteiger partial charge in [0.05, 0.1) is 5.56 Å². The molecule has 0 heterocycles. The molecule has 0 fully saturated rings. The zero-order chi connectivity index (χ0) is 38.6. The lowest BCUT2D eigenvalue weighted by Crippen LogP contribution is -2.02. The van der Waals surface area contributed by atoms with Crippen molar-refractivity contribution in [3.8, 4) is 0 Å². The van der Waals surface area contributed by atoms with Crippen LogP contribution < -0.4 is 0 Å². The van der Waals surface area contributed by atoms with Crippen LogP contribution in [0.1, 0.15) is 117 Å². The molecule has 0 radical (unpaired) electrons. The van der Waals surface area contributed by atoms with Gasteiger partial charge in [-0.2, -0.15) is 0 Å². The number of aryl methyl sites for hydroxylation is 1. The predicted octanol–water partition coefficient (Wildman–Crippen LogP) is 14.2. The number of rotatable bonds is 7. The number of carboxylic acid groups (broad SMARTS) is 1. The molecule has 0 aliphatic carbocycles. The van der Waals surface area contributed by atoms with E-state index in [1.54, 1.807) is 12.1 Å². The Morgan fingerprint density at radius 2 is 0.827 bits per heavy atom. The van der Waals surface area contributed by atoms with Crippen LogP contribution in [0.25, 0.3) is 0 Å². The van der Waals surface area contributed by atoms with Crippen LogP contribution in [-0.4, -0.2) is 11.1 Å². The van der Waals surface area contributed by atoms with E-state index in [0.717, 1.165) is 17.5 Å². The fraction of sp³-hybridized carbons (Fsp3) is 0.260. The van der Waals surface area contributed by atoms with Crippen LogP contribution >= 0.6 is 0 Å². The van der Waals surface area contributed by atoms with Gasteiger partial charge >= 0.3 is 5.97 Å². The minimum absolute atomic E-state index is 0.381. The number of hydrogen-bond donors (Lipinski definition) is 1. The summed E-state index contributed by atoms with van der Waals surface area (Å²) in [6.45, 7) is 18.9. The predicted molar refractivity (Wildman–Crippen MR) is 227 cm³/mol. The maximum absolute atomic E-state index is 11.0. The van der Waals surface area contributed by atoms with E-state index in [9.17, 15) is 4.79 Å². The van der Waals surface area contributed by atoms with Gasteiger partial charge < -0.3 is 5.11 Å². The molecule has 0 aromatic heterocycles. The van der Waals surface area contributed by atoms with Gasteiger partial charge in [-0.15, -0.1) is 0 Å². The quantitative estimate of drug-likeness (QED) is 0.181. The third-order valence-corrected chi connectivity index (χ3v) is 7.75. The summed E-state index contributed by atoms with van der Waals surface area (Å²) in [5, 5.41) is 9.04. The van der Waals surface area contributed by atoms with E-state index in [2.05, 4.69) is 138 Å². The smallest absolute Gasteiger partial charge is 0.335 e. The lowest BCUT2D eigenvalue weighted by Gasteiger charge is -2.05. The van der Waals surface area contributed by atoms with Gasteiger partial charge in [0.25, 0.3) is 0 Å². The molecule has 6 aromatic carbocycles. The second-order valence-electron chi connectivity index (χ2n) is 12.4. The largest absolute Gasteiger partial charge is 0.478 e. The number of hydrogen-bond acceptors (Lipinski definition) is 1. The molecule has 274 valence electrons. The van der Waals surface area contributed by atoms with Gasteiger partial charge in [-0.3, -0.25) is 0 Å². The number of aromatic carboxylic acids is 1. The van der Waals surface area contributed by atoms with Gasteiger partial charge in [0.2, 0.25) is 0 Å². The van der Waals surface area contributed by atoms with Crippen molar-refractivity contribution in [3.63, 3.8) is 0 Å². The molecule has 0 unspecified atom stereocenters. The first-order valence-electron chi connectivity index (χ1n) is 18.8. The van der Waals surface area contributed by atoms with Crippen molar-refractivity contribution in [3.05, 3.63) is 214 Å². The summed E-state index contributed by atoms with van der Waals surface area (Å²) < 4.78 is 0. The summed E-state index contributed by atoms with van der Waals surface area (Å²) in [5.41, 5.74) is 9.27. The van der Waals surface area contributed by atoms with Crippen molar-refractivity contribution in [2.75, 3.05) is 0 Å². The first-order valence-corrected chi connectivity index (χ1v) is 18.8. The molecular formula is C50H62O2. The van der Waals surface area contributed by atoms with Gasteiger partial charge in [0, 0.05) is 0 Å². The summed E-state index contributed by atoms with van der Waals surface area (Å²) in [5.74, 6) is 0.448. The molecule has 0 amide bonds. The molecule has 52 heavy (non-hydrogen) atoms. The van der Waals surface area contributed by atoms with Crippen molar-refractivity contribution >= 4 is 5.97 Å². The average Bonchev–Trinajstić information content (AvgIpc) is 3.19. The lowest BCUT2D eigenvalue weighted by atomic mass is 10.00. The summed E-state index contributed by atoms with van der Waals surface area (Å²) in [7, 11) is 0. The molecule has 1 N–H and O–H groups in total.